The first kappa shape index (κ1) is 6.66. The van der Waals surface area contributed by atoms with Gasteiger partial charge in [-0.3, -0.25) is 0 Å². The van der Waals surface area contributed by atoms with Gasteiger partial charge in [-0.2, -0.15) is 0 Å². The van der Waals surface area contributed by atoms with Crippen molar-refractivity contribution in [2.75, 3.05) is 0 Å². The number of fused-ring (bicyclic) bond motifs is 1. The summed E-state index contributed by atoms with van der Waals surface area (Å²) < 4.78 is 5.69. The van der Waals surface area contributed by atoms with Crippen LogP contribution in [0.4, 0.5) is 0 Å². The fourth-order valence-electron chi connectivity index (χ4n) is 2.35. The fourth-order valence-corrected chi connectivity index (χ4v) is 2.35. The number of hydrogen-bond donors (Lipinski definition) is 0. The summed E-state index contributed by atoms with van der Waals surface area (Å²) in [6.45, 7) is 2.23. The van der Waals surface area contributed by atoms with Gasteiger partial charge in [0.15, 0.2) is 0 Å². The molecule has 1 aliphatic heterocycles. The van der Waals surface area contributed by atoms with Crippen LogP contribution >= 0.6 is 0 Å². The molecule has 58 valence electrons. The minimum absolute atomic E-state index is 0.630. The second kappa shape index (κ2) is 2.54. The zero-order chi connectivity index (χ0) is 6.97. The van der Waals surface area contributed by atoms with Crippen LogP contribution in [0.25, 0.3) is 0 Å². The summed E-state index contributed by atoms with van der Waals surface area (Å²) in [6, 6.07) is 0. The van der Waals surface area contributed by atoms with E-state index in [0.717, 1.165) is 5.92 Å². The largest absolute Gasteiger partial charge is 0.374 e. The number of hydrogen-bond acceptors (Lipinski definition) is 1. The van der Waals surface area contributed by atoms with Gasteiger partial charge in [0.1, 0.15) is 0 Å². The van der Waals surface area contributed by atoms with Gasteiger partial charge in [0.25, 0.3) is 0 Å². The van der Waals surface area contributed by atoms with Crippen LogP contribution in [0.5, 0.6) is 0 Å². The Morgan fingerprint density at radius 3 is 2.80 bits per heavy atom. The molecule has 1 nitrogen and oxygen atoms in total. The lowest BCUT2D eigenvalue weighted by Crippen LogP contribution is -2.49. The van der Waals surface area contributed by atoms with E-state index in [1.165, 1.54) is 32.1 Å². The topological polar surface area (TPSA) is 9.23 Å². The maximum absolute atomic E-state index is 5.69. The Bertz CT molecular complexity index is 118. The third kappa shape index (κ3) is 0.878. The molecule has 0 N–H and O–H groups in total. The molecule has 0 radical (unpaired) electrons. The molecule has 2 rings (SSSR count). The third-order valence-corrected chi connectivity index (χ3v) is 2.98. The molecule has 0 aromatic heterocycles. The molecule has 3 atom stereocenters. The first-order valence-electron chi connectivity index (χ1n) is 4.57. The van der Waals surface area contributed by atoms with E-state index in [-0.39, 0.29) is 0 Å². The van der Waals surface area contributed by atoms with Crippen molar-refractivity contribution in [2.45, 2.75) is 51.2 Å². The van der Waals surface area contributed by atoms with Crippen molar-refractivity contribution in [1.82, 2.24) is 0 Å². The lowest BCUT2D eigenvalue weighted by Gasteiger charge is -2.47. The highest BCUT2D eigenvalue weighted by Crippen LogP contribution is 2.40. The molecule has 0 bridgehead atoms. The van der Waals surface area contributed by atoms with Crippen LogP contribution in [0.3, 0.4) is 0 Å². The van der Waals surface area contributed by atoms with Crippen LogP contribution in [0.1, 0.15) is 39.0 Å². The Labute approximate surface area is 62.8 Å². The van der Waals surface area contributed by atoms with Gasteiger partial charge in [-0.1, -0.05) is 19.8 Å². The van der Waals surface area contributed by atoms with Crippen molar-refractivity contribution >= 4 is 0 Å². The fraction of sp³-hybridized carbons (Fsp3) is 1.00. The SMILES string of the molecule is CCC1OC2CCCCC12. The Hall–Kier alpha value is -0.0400. The first-order chi connectivity index (χ1) is 4.92. The minimum Gasteiger partial charge on any atom is -0.374 e. The van der Waals surface area contributed by atoms with Crippen molar-refractivity contribution in [3.8, 4) is 0 Å². The van der Waals surface area contributed by atoms with E-state index < -0.39 is 0 Å². The molecule has 0 amide bonds. The van der Waals surface area contributed by atoms with E-state index in [9.17, 15) is 0 Å². The molecule has 1 saturated heterocycles. The Balaban J connectivity index is 1.89. The smallest absolute Gasteiger partial charge is 0.0632 e. The van der Waals surface area contributed by atoms with Crippen molar-refractivity contribution in [2.24, 2.45) is 5.92 Å². The van der Waals surface area contributed by atoms with Crippen molar-refractivity contribution < 1.29 is 4.74 Å². The molecule has 1 saturated carbocycles. The predicted octanol–water partition coefficient (Wildman–Crippen LogP) is 2.35. The van der Waals surface area contributed by atoms with Crippen LogP contribution < -0.4 is 0 Å². The highest BCUT2D eigenvalue weighted by Gasteiger charge is 2.41. The van der Waals surface area contributed by atoms with E-state index in [0.29, 0.717) is 12.2 Å². The highest BCUT2D eigenvalue weighted by atomic mass is 16.5. The molecule has 0 spiro atoms. The third-order valence-electron chi connectivity index (χ3n) is 2.98. The van der Waals surface area contributed by atoms with Gasteiger partial charge in [-0.25, -0.2) is 0 Å². The van der Waals surface area contributed by atoms with E-state index in [1.807, 2.05) is 0 Å². The normalized spacial score (nSPS) is 45.9. The van der Waals surface area contributed by atoms with Crippen molar-refractivity contribution in [3.05, 3.63) is 0 Å². The van der Waals surface area contributed by atoms with Gasteiger partial charge in [0.2, 0.25) is 0 Å². The molecule has 0 aromatic carbocycles. The summed E-state index contributed by atoms with van der Waals surface area (Å²) in [4.78, 5) is 0. The second-order valence-corrected chi connectivity index (χ2v) is 3.57. The van der Waals surface area contributed by atoms with Crippen molar-refractivity contribution in [1.29, 1.82) is 0 Å². The molecule has 1 heterocycles. The number of ether oxygens (including phenoxy) is 1. The predicted molar refractivity (Wildman–Crippen MR) is 40.9 cm³/mol. The first-order valence-corrected chi connectivity index (χ1v) is 4.57. The molecule has 10 heavy (non-hydrogen) atoms. The molecule has 3 unspecified atom stereocenters. The summed E-state index contributed by atoms with van der Waals surface area (Å²) in [6.07, 6.45) is 8.13. The quantitative estimate of drug-likeness (QED) is 0.543. The van der Waals surface area contributed by atoms with Crippen LogP contribution in [0, 0.1) is 5.92 Å². The summed E-state index contributed by atoms with van der Waals surface area (Å²) >= 11 is 0. The summed E-state index contributed by atoms with van der Waals surface area (Å²) in [5, 5.41) is 0. The average molecular weight is 140 g/mol. The van der Waals surface area contributed by atoms with Crippen LogP contribution in [-0.2, 0) is 4.74 Å². The van der Waals surface area contributed by atoms with E-state index >= 15 is 0 Å². The minimum atomic E-state index is 0.630. The Morgan fingerprint density at radius 1 is 1.30 bits per heavy atom. The number of rotatable bonds is 1. The standard InChI is InChI=1S/C9H16O/c1-2-8-7-5-3-4-6-9(7)10-8/h7-9H,2-6H2,1H3. The van der Waals surface area contributed by atoms with Crippen LogP contribution in [0.15, 0.2) is 0 Å². The van der Waals surface area contributed by atoms with Crippen LogP contribution in [-0.4, -0.2) is 12.2 Å². The van der Waals surface area contributed by atoms with E-state index in [4.69, 9.17) is 4.74 Å². The zero-order valence-corrected chi connectivity index (χ0v) is 6.68. The van der Waals surface area contributed by atoms with Crippen LogP contribution in [0.2, 0.25) is 0 Å². The molecule has 2 aliphatic rings. The van der Waals surface area contributed by atoms with Gasteiger partial charge in [0.05, 0.1) is 12.2 Å². The molecule has 1 aliphatic carbocycles. The molecular formula is C9H16O. The maximum Gasteiger partial charge on any atom is 0.0632 e. The lowest BCUT2D eigenvalue weighted by atomic mass is 9.77. The zero-order valence-electron chi connectivity index (χ0n) is 6.68. The Kier molecular flexibility index (Phi) is 1.69. The Morgan fingerprint density at radius 2 is 2.10 bits per heavy atom. The molecule has 1 heteroatoms. The van der Waals surface area contributed by atoms with Gasteiger partial charge in [0, 0.05) is 5.92 Å². The molecule has 2 fully saturated rings. The summed E-state index contributed by atoms with van der Waals surface area (Å²) in [5.41, 5.74) is 0. The molecule has 0 aromatic rings. The summed E-state index contributed by atoms with van der Waals surface area (Å²) in [7, 11) is 0. The van der Waals surface area contributed by atoms with E-state index in [1.54, 1.807) is 0 Å². The summed E-state index contributed by atoms with van der Waals surface area (Å²) in [5.74, 6) is 0.943. The maximum atomic E-state index is 5.69. The van der Waals surface area contributed by atoms with E-state index in [2.05, 4.69) is 6.92 Å². The van der Waals surface area contributed by atoms with Gasteiger partial charge in [-0.05, 0) is 19.3 Å². The monoisotopic (exact) mass is 140 g/mol. The van der Waals surface area contributed by atoms with Crippen molar-refractivity contribution in [3.63, 3.8) is 0 Å². The average Bonchev–Trinajstić information content (AvgIpc) is 1.92. The molecular weight excluding hydrogens is 124 g/mol. The highest BCUT2D eigenvalue weighted by molar-refractivity contribution is 4.89. The van der Waals surface area contributed by atoms with Gasteiger partial charge in [-0.15, -0.1) is 0 Å². The second-order valence-electron chi connectivity index (χ2n) is 3.57. The lowest BCUT2D eigenvalue weighted by molar-refractivity contribution is -0.199. The van der Waals surface area contributed by atoms with Gasteiger partial charge >= 0.3 is 0 Å². The van der Waals surface area contributed by atoms with Gasteiger partial charge < -0.3 is 4.74 Å².